The van der Waals surface area contributed by atoms with Crippen molar-refractivity contribution in [3.05, 3.63) is 0 Å². The van der Waals surface area contributed by atoms with Gasteiger partial charge >= 0.3 is 0 Å². The third kappa shape index (κ3) is 3.54. The van der Waals surface area contributed by atoms with Gasteiger partial charge in [0.05, 0.1) is 0 Å². The lowest BCUT2D eigenvalue weighted by Gasteiger charge is -2.02. The van der Waals surface area contributed by atoms with Gasteiger partial charge in [-0.25, -0.2) is 0 Å². The summed E-state index contributed by atoms with van der Waals surface area (Å²) < 4.78 is 28.1. The minimum Gasteiger partial charge on any atom is -0.375 e. The number of carbonyl (C=O) groups is 1. The molecule has 0 saturated carbocycles. The molecule has 0 saturated heterocycles. The number of aliphatic hydroxyl groups is 1. The Hall–Kier alpha value is -0.460. The molecule has 0 amide bonds. The predicted octanol–water partition coefficient (Wildman–Crippen LogP) is -0.828. The molecule has 60 valence electrons. The van der Waals surface area contributed by atoms with E-state index < -0.39 is 27.8 Å². The third-order valence-corrected chi connectivity index (χ3v) is 1.66. The summed E-state index contributed by atoms with van der Waals surface area (Å²) in [5.74, 6) is -0.495. The van der Waals surface area contributed by atoms with Crippen LogP contribution in [0.2, 0.25) is 0 Å². The van der Waals surface area contributed by atoms with Gasteiger partial charge in [0.25, 0.3) is 10.1 Å². The first-order valence-corrected chi connectivity index (χ1v) is 3.98. The Morgan fingerprint density at radius 1 is 1.60 bits per heavy atom. The molecular weight excluding hydrogens is 160 g/mol. The van der Waals surface area contributed by atoms with Crippen LogP contribution in [0.3, 0.4) is 0 Å². The zero-order valence-electron chi connectivity index (χ0n) is 5.31. The normalized spacial score (nSPS) is 14.7. The molecule has 0 aliphatic carbocycles. The Morgan fingerprint density at radius 3 is 2.10 bits per heavy atom. The number of Topliss-reactive ketones (excluding diaryl/α,β-unsaturated/α-hetero) is 1. The second kappa shape index (κ2) is 3.09. The molecule has 0 aromatic carbocycles. The van der Waals surface area contributed by atoms with Crippen molar-refractivity contribution in [1.29, 1.82) is 0 Å². The molecule has 0 aromatic rings. The van der Waals surface area contributed by atoms with Crippen LogP contribution in [0.1, 0.15) is 13.3 Å². The van der Waals surface area contributed by atoms with Gasteiger partial charge in [0, 0.05) is 6.42 Å². The molecule has 2 N–H and O–H groups in total. The van der Waals surface area contributed by atoms with E-state index in [1.54, 1.807) is 0 Å². The molecule has 1 unspecified atom stereocenters. The van der Waals surface area contributed by atoms with Gasteiger partial charge < -0.3 is 5.11 Å². The van der Waals surface area contributed by atoms with Crippen LogP contribution in [-0.2, 0) is 14.9 Å². The van der Waals surface area contributed by atoms with E-state index in [0.29, 0.717) is 0 Å². The number of carbonyl (C=O) groups excluding carboxylic acids is 1. The minimum absolute atomic E-state index is 0.495. The van der Waals surface area contributed by atoms with Gasteiger partial charge in [-0.1, -0.05) is 0 Å². The first kappa shape index (κ1) is 9.54. The summed E-state index contributed by atoms with van der Waals surface area (Å²) in [4.78, 5) is 10.2. The highest BCUT2D eigenvalue weighted by Gasteiger charge is 2.20. The van der Waals surface area contributed by atoms with Crippen LogP contribution in [0, 0.1) is 0 Å². The van der Waals surface area contributed by atoms with E-state index in [1.807, 2.05) is 0 Å². The number of rotatable bonds is 3. The minimum atomic E-state index is -4.46. The van der Waals surface area contributed by atoms with E-state index in [1.165, 1.54) is 0 Å². The monoisotopic (exact) mass is 168 g/mol. The van der Waals surface area contributed by atoms with Crippen LogP contribution in [0.5, 0.6) is 0 Å². The van der Waals surface area contributed by atoms with Crippen LogP contribution in [0.25, 0.3) is 0 Å². The van der Waals surface area contributed by atoms with Crippen molar-refractivity contribution in [3.8, 4) is 0 Å². The first-order chi connectivity index (χ1) is 4.34. The Bertz CT molecular complexity index is 216. The molecule has 0 heterocycles. The smallest absolute Gasteiger partial charge is 0.292 e. The second-order valence-corrected chi connectivity index (χ2v) is 3.45. The van der Waals surface area contributed by atoms with Crippen molar-refractivity contribution in [3.63, 3.8) is 0 Å². The van der Waals surface area contributed by atoms with Gasteiger partial charge in [0.2, 0.25) is 0 Å². The molecule has 0 aliphatic heterocycles. The van der Waals surface area contributed by atoms with E-state index in [0.717, 1.165) is 6.92 Å². The molecule has 6 heteroatoms. The van der Waals surface area contributed by atoms with E-state index in [-0.39, 0.29) is 0 Å². The predicted molar refractivity (Wildman–Crippen MR) is 32.9 cm³/mol. The molecule has 0 rings (SSSR count). The van der Waals surface area contributed by atoms with Gasteiger partial charge in [0.15, 0.2) is 5.44 Å². The number of aliphatic hydroxyl groups excluding tert-OH is 1. The Balaban J connectivity index is 4.12. The Labute approximate surface area is 58.4 Å². The van der Waals surface area contributed by atoms with Crippen molar-refractivity contribution in [2.45, 2.75) is 18.8 Å². The van der Waals surface area contributed by atoms with Crippen molar-refractivity contribution in [1.82, 2.24) is 0 Å². The van der Waals surface area contributed by atoms with E-state index >= 15 is 0 Å². The standard InChI is InChI=1S/C4H8O5S/c1-3(5)2-4(6)10(7,8)9/h4,6H,2H2,1H3,(H,7,8,9). The maximum absolute atomic E-state index is 10.2. The van der Waals surface area contributed by atoms with Gasteiger partial charge in [0.1, 0.15) is 5.78 Å². The van der Waals surface area contributed by atoms with E-state index in [9.17, 15) is 13.2 Å². The van der Waals surface area contributed by atoms with Crippen molar-refractivity contribution in [2.24, 2.45) is 0 Å². The maximum atomic E-state index is 10.2. The Morgan fingerprint density at radius 2 is 2.00 bits per heavy atom. The summed E-state index contributed by atoms with van der Waals surface area (Å²) in [5.41, 5.74) is -1.98. The van der Waals surface area contributed by atoms with Crippen LogP contribution in [-0.4, -0.2) is 29.3 Å². The summed E-state index contributed by atoms with van der Waals surface area (Å²) in [7, 11) is -4.46. The van der Waals surface area contributed by atoms with Crippen molar-refractivity contribution >= 4 is 15.9 Å². The van der Waals surface area contributed by atoms with Gasteiger partial charge in [-0.15, -0.1) is 0 Å². The molecule has 5 nitrogen and oxygen atoms in total. The van der Waals surface area contributed by atoms with Gasteiger partial charge in [-0.05, 0) is 6.92 Å². The molecule has 1 atom stereocenters. The fourth-order valence-electron chi connectivity index (χ4n) is 0.351. The van der Waals surface area contributed by atoms with E-state index in [4.69, 9.17) is 9.66 Å². The Kier molecular flexibility index (Phi) is 2.95. The van der Waals surface area contributed by atoms with Crippen LogP contribution < -0.4 is 0 Å². The fraction of sp³-hybridized carbons (Fsp3) is 0.750. The topological polar surface area (TPSA) is 91.7 Å². The molecule has 0 aromatic heterocycles. The zero-order chi connectivity index (χ0) is 8.36. The third-order valence-electron chi connectivity index (χ3n) is 0.806. The summed E-state index contributed by atoms with van der Waals surface area (Å²) in [6.07, 6.45) is -0.571. The highest BCUT2D eigenvalue weighted by atomic mass is 32.2. The second-order valence-electron chi connectivity index (χ2n) is 1.88. The van der Waals surface area contributed by atoms with E-state index in [2.05, 4.69) is 0 Å². The molecule has 0 fully saturated rings. The van der Waals surface area contributed by atoms with Crippen molar-refractivity contribution < 1.29 is 22.9 Å². The number of hydrogen-bond donors (Lipinski definition) is 2. The first-order valence-electron chi connectivity index (χ1n) is 2.48. The molecule has 10 heavy (non-hydrogen) atoms. The highest BCUT2D eigenvalue weighted by Crippen LogP contribution is 1.99. The summed E-state index contributed by atoms with van der Waals surface area (Å²) in [5, 5.41) is 8.50. The lowest BCUT2D eigenvalue weighted by atomic mass is 10.3. The fourth-order valence-corrected chi connectivity index (χ4v) is 0.797. The van der Waals surface area contributed by atoms with Crippen LogP contribution >= 0.6 is 0 Å². The summed E-state index contributed by atoms with van der Waals surface area (Å²) >= 11 is 0. The molecular formula is C4H8O5S. The highest BCUT2D eigenvalue weighted by molar-refractivity contribution is 7.86. The van der Waals surface area contributed by atoms with Crippen LogP contribution in [0.4, 0.5) is 0 Å². The molecule has 0 aliphatic rings. The molecule has 0 spiro atoms. The quantitative estimate of drug-likeness (QED) is 0.537. The maximum Gasteiger partial charge on any atom is 0.292 e. The number of hydrogen-bond acceptors (Lipinski definition) is 4. The molecule has 0 radical (unpaired) electrons. The van der Waals surface area contributed by atoms with Gasteiger partial charge in [-0.3, -0.25) is 9.35 Å². The lowest BCUT2D eigenvalue weighted by molar-refractivity contribution is -0.118. The lowest BCUT2D eigenvalue weighted by Crippen LogP contribution is -2.22. The number of ketones is 1. The zero-order valence-corrected chi connectivity index (χ0v) is 6.13. The summed E-state index contributed by atoms with van der Waals surface area (Å²) in [6, 6.07) is 0. The summed E-state index contributed by atoms with van der Waals surface area (Å²) in [6.45, 7) is 1.12. The average Bonchev–Trinajstić information content (AvgIpc) is 1.60. The average molecular weight is 168 g/mol. The van der Waals surface area contributed by atoms with Crippen molar-refractivity contribution in [2.75, 3.05) is 0 Å². The largest absolute Gasteiger partial charge is 0.375 e. The SMILES string of the molecule is CC(=O)CC(O)S(=O)(=O)O. The van der Waals surface area contributed by atoms with Gasteiger partial charge in [-0.2, -0.15) is 8.42 Å². The van der Waals surface area contributed by atoms with Crippen LogP contribution in [0.15, 0.2) is 0 Å². The molecule has 0 bridgehead atoms.